The molecule has 1 atom stereocenters. The van der Waals surface area contributed by atoms with E-state index < -0.39 is 4.92 Å². The lowest BCUT2D eigenvalue weighted by molar-refractivity contribution is -0.384. The molecule has 0 spiro atoms. The van der Waals surface area contributed by atoms with E-state index in [0.717, 1.165) is 0 Å². The van der Waals surface area contributed by atoms with Crippen molar-refractivity contribution in [3.63, 3.8) is 0 Å². The van der Waals surface area contributed by atoms with Gasteiger partial charge in [0.25, 0.3) is 5.69 Å². The zero-order chi connectivity index (χ0) is 14.4. The number of anilines is 1. The van der Waals surface area contributed by atoms with Gasteiger partial charge in [-0.05, 0) is 18.1 Å². The van der Waals surface area contributed by atoms with Crippen LogP contribution in [0.25, 0.3) is 0 Å². The summed E-state index contributed by atoms with van der Waals surface area (Å²) in [5.74, 6) is 0.756. The average molecular weight is 268 g/mol. The lowest BCUT2D eigenvalue weighted by Crippen LogP contribution is -2.30. The summed E-state index contributed by atoms with van der Waals surface area (Å²) in [5.41, 5.74) is 0.475. The van der Waals surface area contributed by atoms with Crippen molar-refractivity contribution in [3.05, 3.63) is 28.3 Å². The minimum atomic E-state index is -0.422. The van der Waals surface area contributed by atoms with Crippen molar-refractivity contribution in [1.82, 2.24) is 0 Å². The van der Waals surface area contributed by atoms with Gasteiger partial charge in [-0.1, -0.05) is 13.8 Å². The number of hydrogen-bond acceptors (Lipinski definition) is 5. The zero-order valence-corrected chi connectivity index (χ0v) is 11.7. The van der Waals surface area contributed by atoms with E-state index in [0.29, 0.717) is 24.0 Å². The van der Waals surface area contributed by atoms with Crippen LogP contribution in [-0.4, -0.2) is 31.8 Å². The largest absolute Gasteiger partial charge is 0.496 e. The number of nitrogens with zero attached hydrogens (tertiary/aromatic N) is 1. The summed E-state index contributed by atoms with van der Waals surface area (Å²) in [5, 5.41) is 14.2. The van der Waals surface area contributed by atoms with E-state index in [-0.39, 0.29) is 11.7 Å². The molecule has 0 heterocycles. The Hall–Kier alpha value is -1.82. The fourth-order valence-electron chi connectivity index (χ4n) is 1.69. The molecule has 0 bridgehead atoms. The van der Waals surface area contributed by atoms with Gasteiger partial charge < -0.3 is 14.8 Å². The standard InChI is InChI=1S/C13H20N2O4/c1-9(2)12(8-18-3)14-11-6-5-10(19-4)7-13(11)15(16)17/h5-7,9,12,14H,8H2,1-4H3. The Bertz CT molecular complexity index is 435. The summed E-state index contributed by atoms with van der Waals surface area (Å²) in [6, 6.07) is 4.77. The lowest BCUT2D eigenvalue weighted by atomic mass is 10.0. The van der Waals surface area contributed by atoms with Crippen molar-refractivity contribution in [2.75, 3.05) is 26.1 Å². The Morgan fingerprint density at radius 2 is 2.05 bits per heavy atom. The van der Waals surface area contributed by atoms with Crippen LogP contribution >= 0.6 is 0 Å². The summed E-state index contributed by atoms with van der Waals surface area (Å²) in [7, 11) is 3.09. The summed E-state index contributed by atoms with van der Waals surface area (Å²) in [6.45, 7) is 4.55. The maximum Gasteiger partial charge on any atom is 0.296 e. The van der Waals surface area contributed by atoms with Crippen molar-refractivity contribution >= 4 is 11.4 Å². The van der Waals surface area contributed by atoms with Crippen molar-refractivity contribution in [2.24, 2.45) is 5.92 Å². The topological polar surface area (TPSA) is 73.6 Å². The van der Waals surface area contributed by atoms with Crippen LogP contribution in [0.15, 0.2) is 18.2 Å². The van der Waals surface area contributed by atoms with Crippen molar-refractivity contribution in [1.29, 1.82) is 0 Å². The Morgan fingerprint density at radius 3 is 2.53 bits per heavy atom. The third-order valence-electron chi connectivity index (χ3n) is 2.89. The molecular weight excluding hydrogens is 248 g/mol. The molecule has 0 saturated carbocycles. The van der Waals surface area contributed by atoms with Crippen LogP contribution in [-0.2, 0) is 4.74 Å². The molecule has 0 aromatic heterocycles. The van der Waals surface area contributed by atoms with Gasteiger partial charge in [-0.15, -0.1) is 0 Å². The van der Waals surface area contributed by atoms with Crippen LogP contribution in [0.3, 0.4) is 0 Å². The molecule has 106 valence electrons. The van der Waals surface area contributed by atoms with E-state index in [1.165, 1.54) is 13.2 Å². The first kappa shape index (κ1) is 15.2. The van der Waals surface area contributed by atoms with Crippen molar-refractivity contribution in [3.8, 4) is 5.75 Å². The molecule has 1 aromatic carbocycles. The molecule has 1 rings (SSSR count). The highest BCUT2D eigenvalue weighted by Gasteiger charge is 2.20. The zero-order valence-electron chi connectivity index (χ0n) is 11.7. The molecule has 0 aliphatic rings. The highest BCUT2D eigenvalue weighted by molar-refractivity contribution is 5.64. The number of nitrogens with one attached hydrogen (secondary N) is 1. The van der Waals surface area contributed by atoms with Gasteiger partial charge in [-0.3, -0.25) is 10.1 Å². The van der Waals surface area contributed by atoms with Crippen molar-refractivity contribution < 1.29 is 14.4 Å². The average Bonchev–Trinajstić information content (AvgIpc) is 2.38. The Kier molecular flexibility index (Phi) is 5.57. The molecule has 1 N–H and O–H groups in total. The van der Waals surface area contributed by atoms with E-state index in [2.05, 4.69) is 5.32 Å². The predicted molar refractivity (Wildman–Crippen MR) is 73.8 cm³/mol. The highest BCUT2D eigenvalue weighted by atomic mass is 16.6. The molecule has 6 nitrogen and oxygen atoms in total. The third-order valence-corrected chi connectivity index (χ3v) is 2.89. The van der Waals surface area contributed by atoms with Crippen LogP contribution < -0.4 is 10.1 Å². The van der Waals surface area contributed by atoms with Crippen LogP contribution in [0, 0.1) is 16.0 Å². The molecule has 0 aliphatic carbocycles. The number of benzene rings is 1. The van der Waals surface area contributed by atoms with E-state index in [4.69, 9.17) is 9.47 Å². The van der Waals surface area contributed by atoms with Gasteiger partial charge in [0.15, 0.2) is 0 Å². The number of rotatable bonds is 7. The number of methoxy groups -OCH3 is 2. The molecule has 0 aliphatic heterocycles. The number of nitro benzene ring substituents is 1. The maximum atomic E-state index is 11.1. The quantitative estimate of drug-likeness (QED) is 0.608. The third kappa shape index (κ3) is 4.10. The molecule has 1 aromatic rings. The number of ether oxygens (including phenoxy) is 2. The van der Waals surface area contributed by atoms with Crippen LogP contribution in [0.1, 0.15) is 13.8 Å². The summed E-state index contributed by atoms with van der Waals surface area (Å²) in [6.07, 6.45) is 0. The molecular formula is C13H20N2O4. The van der Waals surface area contributed by atoms with E-state index in [9.17, 15) is 10.1 Å². The predicted octanol–water partition coefficient (Wildman–Crippen LogP) is 2.69. The smallest absolute Gasteiger partial charge is 0.296 e. The van der Waals surface area contributed by atoms with Gasteiger partial charge in [0.2, 0.25) is 0 Å². The van der Waals surface area contributed by atoms with Crippen LogP contribution in [0.4, 0.5) is 11.4 Å². The number of hydrogen-bond donors (Lipinski definition) is 1. The van der Waals surface area contributed by atoms with Gasteiger partial charge in [0, 0.05) is 7.11 Å². The fraction of sp³-hybridized carbons (Fsp3) is 0.538. The van der Waals surface area contributed by atoms with E-state index in [1.807, 2.05) is 13.8 Å². The molecule has 19 heavy (non-hydrogen) atoms. The SMILES string of the molecule is COCC(Nc1ccc(OC)cc1[N+](=O)[O-])C(C)C. The molecule has 6 heteroatoms. The van der Waals surface area contributed by atoms with Gasteiger partial charge >= 0.3 is 0 Å². The van der Waals surface area contributed by atoms with Crippen LogP contribution in [0.5, 0.6) is 5.75 Å². The number of nitro groups is 1. The van der Waals surface area contributed by atoms with Gasteiger partial charge in [-0.2, -0.15) is 0 Å². The second-order valence-corrected chi connectivity index (χ2v) is 4.59. The molecule has 0 fully saturated rings. The van der Waals surface area contributed by atoms with Gasteiger partial charge in [0.1, 0.15) is 11.4 Å². The maximum absolute atomic E-state index is 11.1. The first-order chi connectivity index (χ1) is 8.99. The van der Waals surface area contributed by atoms with Gasteiger partial charge in [-0.25, -0.2) is 0 Å². The van der Waals surface area contributed by atoms with E-state index in [1.54, 1.807) is 19.2 Å². The Balaban J connectivity index is 3.01. The Labute approximate surface area is 112 Å². The Morgan fingerprint density at radius 1 is 1.37 bits per heavy atom. The normalized spacial score (nSPS) is 12.3. The van der Waals surface area contributed by atoms with Crippen molar-refractivity contribution in [2.45, 2.75) is 19.9 Å². The molecule has 0 radical (unpaired) electrons. The fourth-order valence-corrected chi connectivity index (χ4v) is 1.69. The second kappa shape index (κ2) is 6.94. The summed E-state index contributed by atoms with van der Waals surface area (Å²) < 4.78 is 10.1. The minimum absolute atomic E-state index is 0.00102. The summed E-state index contributed by atoms with van der Waals surface area (Å²) >= 11 is 0. The highest BCUT2D eigenvalue weighted by Crippen LogP contribution is 2.30. The first-order valence-electron chi connectivity index (χ1n) is 6.07. The minimum Gasteiger partial charge on any atom is -0.496 e. The molecule has 0 saturated heterocycles. The molecule has 0 amide bonds. The first-order valence-corrected chi connectivity index (χ1v) is 6.07. The second-order valence-electron chi connectivity index (χ2n) is 4.59. The lowest BCUT2D eigenvalue weighted by Gasteiger charge is -2.22. The summed E-state index contributed by atoms with van der Waals surface area (Å²) in [4.78, 5) is 10.7. The monoisotopic (exact) mass is 268 g/mol. The van der Waals surface area contributed by atoms with Gasteiger partial charge in [0.05, 0.1) is 30.7 Å². The molecule has 1 unspecified atom stereocenters. The van der Waals surface area contributed by atoms with Crippen LogP contribution in [0.2, 0.25) is 0 Å². The van der Waals surface area contributed by atoms with E-state index >= 15 is 0 Å².